The summed E-state index contributed by atoms with van der Waals surface area (Å²) in [6.07, 6.45) is -0.590. The Morgan fingerprint density at radius 3 is 2.97 bits per heavy atom. The molecule has 154 valence electrons. The van der Waals surface area contributed by atoms with Crippen molar-refractivity contribution < 1.29 is 17.9 Å². The number of nitrogens with zero attached hydrogens (tertiary/aromatic N) is 3. The molecule has 1 aliphatic heterocycles. The number of ether oxygens (including phenoxy) is 1. The summed E-state index contributed by atoms with van der Waals surface area (Å²) in [7, 11) is 0. The van der Waals surface area contributed by atoms with Gasteiger partial charge < -0.3 is 25.7 Å². The van der Waals surface area contributed by atoms with Crippen molar-refractivity contribution in [2.24, 2.45) is 5.73 Å². The maximum atomic E-state index is 12.4. The predicted octanol–water partition coefficient (Wildman–Crippen LogP) is 3.18. The van der Waals surface area contributed by atoms with Crippen LogP contribution in [0, 0.1) is 6.92 Å². The van der Waals surface area contributed by atoms with Crippen molar-refractivity contribution in [3.8, 4) is 5.75 Å². The molecule has 1 saturated heterocycles. The maximum Gasteiger partial charge on any atom is 0.573 e. The number of halogens is 3. The minimum Gasteiger partial charge on any atom is -0.406 e. The maximum absolute atomic E-state index is 12.4. The third kappa shape index (κ3) is 4.21. The second-order valence-corrected chi connectivity index (χ2v) is 7.36. The second kappa shape index (κ2) is 7.11. The second-order valence-electron chi connectivity index (χ2n) is 7.36. The number of rotatable bonds is 5. The molecule has 3 aromatic rings. The Kier molecular flexibility index (Phi) is 4.73. The third-order valence-corrected chi connectivity index (χ3v) is 5.04. The first-order valence-corrected chi connectivity index (χ1v) is 9.15. The van der Waals surface area contributed by atoms with Crippen LogP contribution in [-0.2, 0) is 0 Å². The first-order chi connectivity index (χ1) is 13.7. The van der Waals surface area contributed by atoms with Gasteiger partial charge in [0.2, 0.25) is 0 Å². The van der Waals surface area contributed by atoms with Crippen molar-refractivity contribution in [3.05, 3.63) is 42.4 Å². The van der Waals surface area contributed by atoms with Crippen LogP contribution in [0.2, 0.25) is 0 Å². The summed E-state index contributed by atoms with van der Waals surface area (Å²) in [4.78, 5) is 13.9. The monoisotopic (exact) mass is 406 g/mol. The molecule has 1 atom stereocenters. The van der Waals surface area contributed by atoms with Crippen LogP contribution >= 0.6 is 0 Å². The molecule has 2 aromatic heterocycles. The van der Waals surface area contributed by atoms with Gasteiger partial charge in [0.1, 0.15) is 23.5 Å². The summed E-state index contributed by atoms with van der Waals surface area (Å²) in [6, 6.07) is 5.74. The Morgan fingerprint density at radius 2 is 2.17 bits per heavy atom. The number of nitrogens with one attached hydrogen (secondary N) is 2. The fraction of sp³-hybridized carbons (Fsp3) is 0.368. The topological polar surface area (TPSA) is 92.1 Å². The van der Waals surface area contributed by atoms with Crippen LogP contribution in [0.5, 0.6) is 5.75 Å². The van der Waals surface area contributed by atoms with E-state index < -0.39 is 11.9 Å². The Hall–Kier alpha value is -3.01. The number of alkyl halides is 3. The molecule has 3 heterocycles. The van der Waals surface area contributed by atoms with Gasteiger partial charge >= 0.3 is 6.36 Å². The number of nitrogens with two attached hydrogens (primary N) is 1. The predicted molar refractivity (Wildman–Crippen MR) is 104 cm³/mol. The standard InChI is InChI=1S/C19H21F3N6O/c1-12-8-24-16-15(12)17(27-11-26-16)28-6-5-18(23,10-28)9-25-13-3-2-4-14(7-13)29-19(20,21)22/h2-4,7-8,11,25H,5-6,9-10,23H2,1H3,(H,24,26,27). The zero-order valence-corrected chi connectivity index (χ0v) is 15.8. The van der Waals surface area contributed by atoms with E-state index in [0.29, 0.717) is 25.2 Å². The average molecular weight is 406 g/mol. The van der Waals surface area contributed by atoms with Crippen LogP contribution in [0.25, 0.3) is 11.0 Å². The summed E-state index contributed by atoms with van der Waals surface area (Å²) in [5.74, 6) is 0.564. The van der Waals surface area contributed by atoms with E-state index in [9.17, 15) is 13.2 Å². The van der Waals surface area contributed by atoms with E-state index in [1.165, 1.54) is 24.5 Å². The van der Waals surface area contributed by atoms with E-state index in [-0.39, 0.29) is 5.75 Å². The molecule has 1 aliphatic rings. The number of fused-ring (bicyclic) bond motifs is 1. The van der Waals surface area contributed by atoms with Gasteiger partial charge in [-0.2, -0.15) is 0 Å². The van der Waals surface area contributed by atoms with Crippen LogP contribution in [0.4, 0.5) is 24.7 Å². The van der Waals surface area contributed by atoms with Crippen molar-refractivity contribution in [1.82, 2.24) is 15.0 Å². The number of aromatic nitrogens is 3. The van der Waals surface area contributed by atoms with Crippen LogP contribution in [0.3, 0.4) is 0 Å². The summed E-state index contributed by atoms with van der Waals surface area (Å²) in [5.41, 5.74) is 8.37. The summed E-state index contributed by atoms with van der Waals surface area (Å²) < 4.78 is 41.2. The zero-order chi connectivity index (χ0) is 20.6. The molecule has 4 rings (SSSR count). The summed E-state index contributed by atoms with van der Waals surface area (Å²) in [6.45, 7) is 3.69. The lowest BCUT2D eigenvalue weighted by Crippen LogP contribution is -2.48. The molecule has 0 amide bonds. The van der Waals surface area contributed by atoms with E-state index in [0.717, 1.165) is 29.0 Å². The van der Waals surface area contributed by atoms with Crippen LogP contribution in [0.1, 0.15) is 12.0 Å². The summed E-state index contributed by atoms with van der Waals surface area (Å²) in [5, 5.41) is 4.10. The Bertz CT molecular complexity index is 1020. The minimum absolute atomic E-state index is 0.270. The number of anilines is 2. The fourth-order valence-corrected chi connectivity index (χ4v) is 3.64. The molecule has 10 heteroatoms. The quantitative estimate of drug-likeness (QED) is 0.603. The van der Waals surface area contributed by atoms with E-state index >= 15 is 0 Å². The molecule has 7 nitrogen and oxygen atoms in total. The SMILES string of the molecule is Cc1c[nH]c2ncnc(N3CCC(N)(CNc4cccc(OC(F)(F)F)c4)C3)c12. The molecule has 29 heavy (non-hydrogen) atoms. The van der Waals surface area contributed by atoms with Crippen molar-refractivity contribution in [2.75, 3.05) is 29.9 Å². The molecule has 1 unspecified atom stereocenters. The average Bonchev–Trinajstić information content (AvgIpc) is 3.23. The van der Waals surface area contributed by atoms with Crippen LogP contribution in [-0.4, -0.2) is 46.5 Å². The number of hydrogen-bond acceptors (Lipinski definition) is 6. The Morgan fingerprint density at radius 1 is 1.34 bits per heavy atom. The first kappa shape index (κ1) is 19.3. The lowest BCUT2D eigenvalue weighted by Gasteiger charge is -2.26. The third-order valence-electron chi connectivity index (χ3n) is 5.04. The lowest BCUT2D eigenvalue weighted by atomic mass is 10.0. The van der Waals surface area contributed by atoms with Gasteiger partial charge in [0.15, 0.2) is 0 Å². The van der Waals surface area contributed by atoms with Crippen molar-refractivity contribution in [3.63, 3.8) is 0 Å². The van der Waals surface area contributed by atoms with Crippen molar-refractivity contribution in [2.45, 2.75) is 25.2 Å². The smallest absolute Gasteiger partial charge is 0.406 e. The van der Waals surface area contributed by atoms with Crippen molar-refractivity contribution in [1.29, 1.82) is 0 Å². The normalized spacial score (nSPS) is 19.7. The molecular formula is C19H21F3N6O. The highest BCUT2D eigenvalue weighted by atomic mass is 19.4. The largest absolute Gasteiger partial charge is 0.573 e. The van der Waals surface area contributed by atoms with E-state index in [4.69, 9.17) is 5.73 Å². The highest BCUT2D eigenvalue weighted by Crippen LogP contribution is 2.31. The fourth-order valence-electron chi connectivity index (χ4n) is 3.64. The van der Waals surface area contributed by atoms with Crippen molar-refractivity contribution >= 4 is 22.5 Å². The number of aromatic amines is 1. The van der Waals surface area contributed by atoms with Gasteiger partial charge in [0, 0.05) is 37.6 Å². The number of H-pyrrole nitrogens is 1. The molecule has 0 spiro atoms. The van der Waals surface area contributed by atoms with Crippen LogP contribution in [0.15, 0.2) is 36.8 Å². The minimum atomic E-state index is -4.72. The molecule has 0 saturated carbocycles. The highest BCUT2D eigenvalue weighted by molar-refractivity contribution is 5.90. The molecule has 1 aromatic carbocycles. The van der Waals surface area contributed by atoms with Crippen LogP contribution < -0.4 is 20.7 Å². The van der Waals surface area contributed by atoms with Gasteiger partial charge in [0.25, 0.3) is 0 Å². The number of hydrogen-bond donors (Lipinski definition) is 3. The summed E-state index contributed by atoms with van der Waals surface area (Å²) >= 11 is 0. The number of aryl methyl sites for hydroxylation is 1. The van der Waals surface area contributed by atoms with Gasteiger partial charge in [-0.1, -0.05) is 6.07 Å². The Balaban J connectivity index is 1.44. The van der Waals surface area contributed by atoms with Gasteiger partial charge in [-0.15, -0.1) is 13.2 Å². The van der Waals surface area contributed by atoms with E-state index in [2.05, 4.69) is 29.9 Å². The molecule has 0 aliphatic carbocycles. The van der Waals surface area contributed by atoms with Gasteiger partial charge in [-0.05, 0) is 31.0 Å². The van der Waals surface area contributed by atoms with Gasteiger partial charge in [-0.25, -0.2) is 9.97 Å². The molecule has 0 bridgehead atoms. The highest BCUT2D eigenvalue weighted by Gasteiger charge is 2.36. The number of benzene rings is 1. The van der Waals surface area contributed by atoms with Gasteiger partial charge in [0.05, 0.1) is 10.9 Å². The van der Waals surface area contributed by atoms with Gasteiger partial charge in [-0.3, -0.25) is 0 Å². The van der Waals surface area contributed by atoms with E-state index in [1.807, 2.05) is 13.1 Å². The molecule has 4 N–H and O–H groups in total. The molecular weight excluding hydrogens is 385 g/mol. The molecule has 1 fully saturated rings. The zero-order valence-electron chi connectivity index (χ0n) is 15.8. The molecule has 0 radical (unpaired) electrons. The Labute approximate surface area is 165 Å². The lowest BCUT2D eigenvalue weighted by molar-refractivity contribution is -0.274. The van der Waals surface area contributed by atoms with E-state index in [1.54, 1.807) is 6.07 Å². The first-order valence-electron chi connectivity index (χ1n) is 9.15.